The van der Waals surface area contributed by atoms with Crippen molar-refractivity contribution in [2.75, 3.05) is 29.4 Å². The van der Waals surface area contributed by atoms with Gasteiger partial charge < -0.3 is 9.80 Å². The van der Waals surface area contributed by atoms with Crippen molar-refractivity contribution in [1.82, 2.24) is 10.2 Å². The van der Waals surface area contributed by atoms with Gasteiger partial charge in [0.2, 0.25) is 0 Å². The van der Waals surface area contributed by atoms with Gasteiger partial charge in [0.1, 0.15) is 0 Å². The van der Waals surface area contributed by atoms with Crippen LogP contribution in [0.1, 0.15) is 34.5 Å². The van der Waals surface area contributed by atoms with Gasteiger partial charge in [-0.3, -0.25) is 4.79 Å². The lowest BCUT2D eigenvalue weighted by molar-refractivity contribution is 0.0983. The van der Waals surface area contributed by atoms with E-state index < -0.39 is 0 Å². The van der Waals surface area contributed by atoms with E-state index in [1.54, 1.807) is 0 Å². The van der Waals surface area contributed by atoms with E-state index in [4.69, 9.17) is 0 Å². The van der Waals surface area contributed by atoms with Crippen LogP contribution in [-0.2, 0) is 12.8 Å². The first-order valence-corrected chi connectivity index (χ1v) is 10.8. The molecule has 0 spiro atoms. The van der Waals surface area contributed by atoms with E-state index in [1.807, 2.05) is 35.2 Å². The standard InChI is InChI=1S/C25H26N4O/c30-25(29-17-14-21-8-4-5-9-23(21)29)22-10-11-24(27-26-22)28-15-12-20(13-16-28)18-19-6-2-1-3-7-19/h1-11,20H,12-18H2. The van der Waals surface area contributed by atoms with Crippen molar-refractivity contribution in [3.05, 3.63) is 83.6 Å². The summed E-state index contributed by atoms with van der Waals surface area (Å²) < 4.78 is 0. The molecule has 152 valence electrons. The fraction of sp³-hybridized carbons (Fsp3) is 0.320. The van der Waals surface area contributed by atoms with Gasteiger partial charge in [-0.05, 0) is 60.9 Å². The number of amides is 1. The van der Waals surface area contributed by atoms with Crippen molar-refractivity contribution in [1.29, 1.82) is 0 Å². The van der Waals surface area contributed by atoms with Gasteiger partial charge in [0.25, 0.3) is 5.91 Å². The SMILES string of the molecule is O=C(c1ccc(N2CCC(Cc3ccccc3)CC2)nn1)N1CCc2ccccc21. The Hall–Kier alpha value is -3.21. The molecule has 30 heavy (non-hydrogen) atoms. The van der Waals surface area contributed by atoms with Gasteiger partial charge in [-0.1, -0.05) is 48.5 Å². The predicted molar refractivity (Wildman–Crippen MR) is 119 cm³/mol. The minimum atomic E-state index is -0.0689. The Labute approximate surface area is 177 Å². The molecule has 5 nitrogen and oxygen atoms in total. The van der Waals surface area contributed by atoms with Crippen molar-refractivity contribution in [2.45, 2.75) is 25.7 Å². The van der Waals surface area contributed by atoms with Crippen molar-refractivity contribution < 1.29 is 4.79 Å². The van der Waals surface area contributed by atoms with Crippen LogP contribution in [0.5, 0.6) is 0 Å². The molecule has 0 radical (unpaired) electrons. The monoisotopic (exact) mass is 398 g/mol. The average molecular weight is 399 g/mol. The number of para-hydroxylation sites is 1. The minimum Gasteiger partial charge on any atom is -0.355 e. The average Bonchev–Trinajstić information content (AvgIpc) is 3.24. The zero-order chi connectivity index (χ0) is 20.3. The Bertz CT molecular complexity index is 1010. The third-order valence-corrected chi connectivity index (χ3v) is 6.31. The number of carbonyl (C=O) groups is 1. The summed E-state index contributed by atoms with van der Waals surface area (Å²) in [5.41, 5.74) is 4.04. The van der Waals surface area contributed by atoms with E-state index in [0.717, 1.165) is 50.3 Å². The lowest BCUT2D eigenvalue weighted by atomic mass is 9.90. The van der Waals surface area contributed by atoms with Gasteiger partial charge in [0.15, 0.2) is 11.5 Å². The first-order valence-electron chi connectivity index (χ1n) is 10.8. The van der Waals surface area contributed by atoms with Gasteiger partial charge in [0.05, 0.1) is 0 Å². The molecule has 1 fully saturated rings. The van der Waals surface area contributed by atoms with Crippen molar-refractivity contribution in [2.24, 2.45) is 5.92 Å². The van der Waals surface area contributed by atoms with Crippen LogP contribution in [0.15, 0.2) is 66.7 Å². The van der Waals surface area contributed by atoms with Crippen molar-refractivity contribution in [3.63, 3.8) is 0 Å². The molecular formula is C25H26N4O. The molecule has 2 aromatic carbocycles. The van der Waals surface area contributed by atoms with Crippen molar-refractivity contribution >= 4 is 17.4 Å². The first kappa shape index (κ1) is 18.8. The largest absolute Gasteiger partial charge is 0.355 e. The Kier molecular flexibility index (Phi) is 5.18. The topological polar surface area (TPSA) is 49.3 Å². The van der Waals surface area contributed by atoms with Crippen LogP contribution in [0.2, 0.25) is 0 Å². The number of aromatic nitrogens is 2. The summed E-state index contributed by atoms with van der Waals surface area (Å²) in [7, 11) is 0. The van der Waals surface area contributed by atoms with Gasteiger partial charge in [-0.2, -0.15) is 0 Å². The van der Waals surface area contributed by atoms with E-state index in [1.165, 1.54) is 11.1 Å². The molecule has 0 N–H and O–H groups in total. The molecule has 3 heterocycles. The second-order valence-corrected chi connectivity index (χ2v) is 8.23. The Morgan fingerprint density at radius 1 is 0.867 bits per heavy atom. The second-order valence-electron chi connectivity index (χ2n) is 8.23. The second kappa shape index (κ2) is 8.27. The molecule has 1 amide bonds. The molecule has 1 aromatic heterocycles. The smallest absolute Gasteiger partial charge is 0.278 e. The fourth-order valence-electron chi connectivity index (χ4n) is 4.61. The molecule has 0 unspecified atom stereocenters. The summed E-state index contributed by atoms with van der Waals surface area (Å²) in [6.45, 7) is 2.68. The molecule has 3 aromatic rings. The van der Waals surface area contributed by atoms with E-state index >= 15 is 0 Å². The summed E-state index contributed by atoms with van der Waals surface area (Å²) in [5, 5.41) is 8.66. The number of benzene rings is 2. The Morgan fingerprint density at radius 3 is 2.40 bits per heavy atom. The van der Waals surface area contributed by atoms with E-state index in [-0.39, 0.29) is 5.91 Å². The van der Waals surface area contributed by atoms with E-state index in [9.17, 15) is 4.79 Å². The Morgan fingerprint density at radius 2 is 1.63 bits per heavy atom. The lowest BCUT2D eigenvalue weighted by Crippen LogP contribution is -2.35. The summed E-state index contributed by atoms with van der Waals surface area (Å²) >= 11 is 0. The van der Waals surface area contributed by atoms with Gasteiger partial charge >= 0.3 is 0 Å². The summed E-state index contributed by atoms with van der Waals surface area (Å²) in [6, 6.07) is 22.6. The normalized spacial score (nSPS) is 16.5. The molecule has 5 rings (SSSR count). The number of hydrogen-bond acceptors (Lipinski definition) is 4. The molecule has 5 heteroatoms. The summed E-state index contributed by atoms with van der Waals surface area (Å²) in [6.07, 6.45) is 4.35. The number of hydrogen-bond donors (Lipinski definition) is 0. The third kappa shape index (κ3) is 3.80. The minimum absolute atomic E-state index is 0.0689. The van der Waals surface area contributed by atoms with E-state index in [2.05, 4.69) is 51.5 Å². The highest BCUT2D eigenvalue weighted by molar-refractivity contribution is 6.06. The van der Waals surface area contributed by atoms with Crippen LogP contribution >= 0.6 is 0 Å². The molecule has 0 bridgehead atoms. The highest BCUT2D eigenvalue weighted by Gasteiger charge is 2.27. The maximum absolute atomic E-state index is 12.9. The van der Waals surface area contributed by atoms with Crippen LogP contribution in [0.25, 0.3) is 0 Å². The summed E-state index contributed by atoms with van der Waals surface area (Å²) in [4.78, 5) is 17.0. The highest BCUT2D eigenvalue weighted by Crippen LogP contribution is 2.29. The molecule has 0 atom stereocenters. The maximum Gasteiger partial charge on any atom is 0.278 e. The lowest BCUT2D eigenvalue weighted by Gasteiger charge is -2.32. The highest BCUT2D eigenvalue weighted by atomic mass is 16.2. The van der Waals surface area contributed by atoms with Crippen LogP contribution in [0.4, 0.5) is 11.5 Å². The molecular weight excluding hydrogens is 372 g/mol. The predicted octanol–water partition coefficient (Wildman–Crippen LogP) is 4.14. The molecule has 2 aliphatic heterocycles. The number of fused-ring (bicyclic) bond motifs is 1. The number of anilines is 2. The molecule has 0 saturated carbocycles. The molecule has 1 saturated heterocycles. The van der Waals surface area contributed by atoms with Crippen LogP contribution < -0.4 is 9.80 Å². The van der Waals surface area contributed by atoms with Crippen LogP contribution in [0.3, 0.4) is 0 Å². The molecule has 0 aliphatic carbocycles. The fourth-order valence-corrected chi connectivity index (χ4v) is 4.61. The van der Waals surface area contributed by atoms with Crippen LogP contribution in [-0.4, -0.2) is 35.7 Å². The van der Waals surface area contributed by atoms with Crippen molar-refractivity contribution in [3.8, 4) is 0 Å². The number of rotatable bonds is 4. The number of piperidine rings is 1. The van der Waals surface area contributed by atoms with Gasteiger partial charge in [-0.15, -0.1) is 10.2 Å². The van der Waals surface area contributed by atoms with E-state index in [0.29, 0.717) is 18.2 Å². The number of carbonyl (C=O) groups excluding carboxylic acids is 1. The van der Waals surface area contributed by atoms with Gasteiger partial charge in [-0.25, -0.2) is 0 Å². The third-order valence-electron chi connectivity index (χ3n) is 6.31. The zero-order valence-electron chi connectivity index (χ0n) is 17.1. The zero-order valence-corrected chi connectivity index (χ0v) is 17.1. The summed E-state index contributed by atoms with van der Waals surface area (Å²) in [5.74, 6) is 1.51. The molecule has 2 aliphatic rings. The van der Waals surface area contributed by atoms with Gasteiger partial charge in [0, 0.05) is 25.3 Å². The number of nitrogens with zero attached hydrogens (tertiary/aromatic N) is 4. The maximum atomic E-state index is 12.9. The first-order chi connectivity index (χ1) is 14.8. The Balaban J connectivity index is 1.20. The van der Waals surface area contributed by atoms with Crippen LogP contribution in [0, 0.1) is 5.92 Å². The quantitative estimate of drug-likeness (QED) is 0.663.